The summed E-state index contributed by atoms with van der Waals surface area (Å²) in [6.07, 6.45) is 0. The fourth-order valence-electron chi connectivity index (χ4n) is 1.55. The van der Waals surface area contributed by atoms with Crippen LogP contribution in [0, 0.1) is 0 Å². The molecule has 0 bridgehead atoms. The number of anilines is 2. The Hall–Kier alpha value is -2.24. The first-order chi connectivity index (χ1) is 8.32. The van der Waals surface area contributed by atoms with Crippen molar-refractivity contribution >= 4 is 23.3 Å². The third-order valence-corrected chi connectivity index (χ3v) is 2.46. The summed E-state index contributed by atoms with van der Waals surface area (Å²) < 4.78 is 0. The number of hydrogen-bond donors (Lipinski definition) is 3. The Bertz CT molecular complexity index is 472. The largest absolute Gasteiger partial charge is 0.478 e. The van der Waals surface area contributed by atoms with Gasteiger partial charge in [0, 0.05) is 25.5 Å². The highest BCUT2D eigenvalue weighted by Gasteiger charge is 2.18. The number of nitrogens with one attached hydrogen (secondary N) is 1. The van der Waals surface area contributed by atoms with Gasteiger partial charge in [0.1, 0.15) is 6.04 Å². The number of likely N-dealkylation sites (N-methyl/N-ethyl adjacent to an activating group) is 1. The monoisotopic (exact) mass is 251 g/mol. The standard InChI is InChI=1S/C12H17N3O3/c1-7(11(16)15(2)3)14-10-5-4-8(13)6-9(10)12(17)18/h4-7,14H,13H2,1-3H3,(H,17,18). The van der Waals surface area contributed by atoms with Gasteiger partial charge in [0.05, 0.1) is 5.56 Å². The normalized spacial score (nSPS) is 11.7. The van der Waals surface area contributed by atoms with Gasteiger partial charge in [0.2, 0.25) is 5.91 Å². The maximum atomic E-state index is 11.7. The first kappa shape index (κ1) is 13.8. The molecule has 1 atom stereocenters. The fraction of sp³-hybridized carbons (Fsp3) is 0.333. The number of amides is 1. The minimum Gasteiger partial charge on any atom is -0.478 e. The lowest BCUT2D eigenvalue weighted by Gasteiger charge is -2.20. The molecular formula is C12H17N3O3. The Morgan fingerprint density at radius 1 is 1.39 bits per heavy atom. The van der Waals surface area contributed by atoms with Crippen molar-refractivity contribution in [2.75, 3.05) is 25.1 Å². The van der Waals surface area contributed by atoms with Crippen LogP contribution < -0.4 is 11.1 Å². The molecule has 0 fully saturated rings. The van der Waals surface area contributed by atoms with E-state index in [1.54, 1.807) is 33.2 Å². The molecule has 6 nitrogen and oxygen atoms in total. The van der Waals surface area contributed by atoms with Crippen molar-refractivity contribution in [3.05, 3.63) is 23.8 Å². The zero-order chi connectivity index (χ0) is 13.9. The maximum Gasteiger partial charge on any atom is 0.337 e. The first-order valence-corrected chi connectivity index (χ1v) is 5.43. The zero-order valence-electron chi connectivity index (χ0n) is 10.6. The number of aromatic carboxylic acids is 1. The van der Waals surface area contributed by atoms with Crippen LogP contribution in [0.2, 0.25) is 0 Å². The molecule has 98 valence electrons. The van der Waals surface area contributed by atoms with E-state index in [-0.39, 0.29) is 11.5 Å². The van der Waals surface area contributed by atoms with Gasteiger partial charge in [-0.2, -0.15) is 0 Å². The van der Waals surface area contributed by atoms with Crippen LogP contribution in [0.1, 0.15) is 17.3 Å². The molecule has 0 saturated heterocycles. The number of benzene rings is 1. The fourth-order valence-corrected chi connectivity index (χ4v) is 1.55. The van der Waals surface area contributed by atoms with E-state index in [1.807, 2.05) is 0 Å². The molecule has 1 rings (SSSR count). The molecule has 0 aromatic heterocycles. The molecule has 1 unspecified atom stereocenters. The Labute approximate surface area is 105 Å². The van der Waals surface area contributed by atoms with E-state index in [4.69, 9.17) is 10.8 Å². The van der Waals surface area contributed by atoms with Crippen molar-refractivity contribution in [3.8, 4) is 0 Å². The van der Waals surface area contributed by atoms with Gasteiger partial charge < -0.3 is 21.1 Å². The summed E-state index contributed by atoms with van der Waals surface area (Å²) in [5.41, 5.74) is 6.33. The Morgan fingerprint density at radius 2 is 2.00 bits per heavy atom. The van der Waals surface area contributed by atoms with E-state index < -0.39 is 12.0 Å². The van der Waals surface area contributed by atoms with Gasteiger partial charge in [-0.15, -0.1) is 0 Å². The predicted octanol–water partition coefficient (Wildman–Crippen LogP) is 0.856. The zero-order valence-corrected chi connectivity index (χ0v) is 10.6. The van der Waals surface area contributed by atoms with Crippen molar-refractivity contribution < 1.29 is 14.7 Å². The number of rotatable bonds is 4. The van der Waals surface area contributed by atoms with Gasteiger partial charge in [-0.05, 0) is 25.1 Å². The number of carboxylic acid groups (broad SMARTS) is 1. The lowest BCUT2D eigenvalue weighted by molar-refractivity contribution is -0.129. The molecule has 1 aromatic carbocycles. The van der Waals surface area contributed by atoms with Crippen molar-refractivity contribution in [1.82, 2.24) is 4.90 Å². The summed E-state index contributed by atoms with van der Waals surface area (Å²) >= 11 is 0. The minimum absolute atomic E-state index is 0.0495. The summed E-state index contributed by atoms with van der Waals surface area (Å²) in [6.45, 7) is 1.67. The van der Waals surface area contributed by atoms with Crippen LogP contribution in [0.5, 0.6) is 0 Å². The smallest absolute Gasteiger partial charge is 0.337 e. The predicted molar refractivity (Wildman–Crippen MR) is 69.6 cm³/mol. The maximum absolute atomic E-state index is 11.7. The van der Waals surface area contributed by atoms with Crippen LogP contribution in [-0.2, 0) is 4.79 Å². The van der Waals surface area contributed by atoms with Gasteiger partial charge in [-0.25, -0.2) is 4.79 Å². The van der Waals surface area contributed by atoms with E-state index >= 15 is 0 Å². The summed E-state index contributed by atoms with van der Waals surface area (Å²) in [4.78, 5) is 24.2. The summed E-state index contributed by atoms with van der Waals surface area (Å²) in [7, 11) is 3.28. The van der Waals surface area contributed by atoms with Crippen molar-refractivity contribution in [1.29, 1.82) is 0 Å². The van der Waals surface area contributed by atoms with E-state index in [2.05, 4.69) is 5.32 Å². The van der Waals surface area contributed by atoms with Crippen LogP contribution in [0.3, 0.4) is 0 Å². The van der Waals surface area contributed by atoms with Gasteiger partial charge >= 0.3 is 5.97 Å². The molecule has 4 N–H and O–H groups in total. The second-order valence-corrected chi connectivity index (χ2v) is 4.21. The van der Waals surface area contributed by atoms with E-state index in [9.17, 15) is 9.59 Å². The van der Waals surface area contributed by atoms with Crippen molar-refractivity contribution in [2.24, 2.45) is 0 Å². The Kier molecular flexibility index (Phi) is 4.14. The number of nitrogen functional groups attached to an aromatic ring is 1. The molecule has 0 spiro atoms. The number of carbonyl (C=O) groups excluding carboxylic acids is 1. The van der Waals surface area contributed by atoms with Crippen molar-refractivity contribution in [2.45, 2.75) is 13.0 Å². The molecule has 0 aliphatic carbocycles. The van der Waals surface area contributed by atoms with Crippen LogP contribution in [0.15, 0.2) is 18.2 Å². The molecular weight excluding hydrogens is 234 g/mol. The lowest BCUT2D eigenvalue weighted by atomic mass is 10.1. The van der Waals surface area contributed by atoms with Gasteiger partial charge in [0.15, 0.2) is 0 Å². The SMILES string of the molecule is CC(Nc1ccc(N)cc1C(=O)O)C(=O)N(C)C. The Morgan fingerprint density at radius 3 is 2.50 bits per heavy atom. The van der Waals surface area contributed by atoms with Crippen LogP contribution in [-0.4, -0.2) is 42.0 Å². The number of nitrogens with two attached hydrogens (primary N) is 1. The van der Waals surface area contributed by atoms with Crippen LogP contribution in [0.25, 0.3) is 0 Å². The van der Waals surface area contributed by atoms with Crippen LogP contribution >= 0.6 is 0 Å². The molecule has 1 aromatic rings. The van der Waals surface area contributed by atoms with Crippen molar-refractivity contribution in [3.63, 3.8) is 0 Å². The third kappa shape index (κ3) is 3.13. The second-order valence-electron chi connectivity index (χ2n) is 4.21. The van der Waals surface area contributed by atoms with Gasteiger partial charge in [0.25, 0.3) is 0 Å². The first-order valence-electron chi connectivity index (χ1n) is 5.43. The highest BCUT2D eigenvalue weighted by Crippen LogP contribution is 2.20. The molecule has 0 radical (unpaired) electrons. The molecule has 0 aliphatic rings. The van der Waals surface area contributed by atoms with E-state index in [0.29, 0.717) is 11.4 Å². The average molecular weight is 251 g/mol. The number of carbonyl (C=O) groups is 2. The second kappa shape index (κ2) is 5.39. The number of nitrogens with zero attached hydrogens (tertiary/aromatic N) is 1. The van der Waals surface area contributed by atoms with Gasteiger partial charge in [-0.3, -0.25) is 4.79 Å². The molecule has 0 heterocycles. The quantitative estimate of drug-likeness (QED) is 0.690. The summed E-state index contributed by atoms with van der Waals surface area (Å²) in [6, 6.07) is 3.99. The van der Waals surface area contributed by atoms with Gasteiger partial charge in [-0.1, -0.05) is 0 Å². The van der Waals surface area contributed by atoms with E-state index in [0.717, 1.165) is 0 Å². The highest BCUT2D eigenvalue weighted by molar-refractivity contribution is 5.96. The molecule has 6 heteroatoms. The summed E-state index contributed by atoms with van der Waals surface area (Å²) in [5, 5.41) is 11.9. The third-order valence-electron chi connectivity index (χ3n) is 2.46. The lowest BCUT2D eigenvalue weighted by Crippen LogP contribution is -2.37. The van der Waals surface area contributed by atoms with Crippen LogP contribution in [0.4, 0.5) is 11.4 Å². The minimum atomic E-state index is -1.09. The topological polar surface area (TPSA) is 95.7 Å². The summed E-state index contributed by atoms with van der Waals surface area (Å²) in [5.74, 6) is -1.22. The molecule has 1 amide bonds. The molecule has 18 heavy (non-hydrogen) atoms. The molecule has 0 aliphatic heterocycles. The highest BCUT2D eigenvalue weighted by atomic mass is 16.4. The van der Waals surface area contributed by atoms with E-state index in [1.165, 1.54) is 11.0 Å². The average Bonchev–Trinajstić information content (AvgIpc) is 2.29. The number of hydrogen-bond acceptors (Lipinski definition) is 4. The Balaban J connectivity index is 2.97. The molecule has 0 saturated carbocycles. The number of carboxylic acids is 1.